The zero-order valence-electron chi connectivity index (χ0n) is 12.7. The molecule has 0 saturated carbocycles. The summed E-state index contributed by atoms with van der Waals surface area (Å²) in [4.78, 5) is 14.8. The van der Waals surface area contributed by atoms with E-state index in [0.717, 1.165) is 23.1 Å². The average Bonchev–Trinajstić information content (AvgIpc) is 3.16. The molecule has 2 aromatic heterocycles. The zero-order valence-corrected chi connectivity index (χ0v) is 13.5. The Labute approximate surface area is 136 Å². The molecule has 2 heterocycles. The fourth-order valence-corrected chi connectivity index (χ4v) is 2.58. The highest BCUT2D eigenvalue weighted by atomic mass is 32.2. The number of hydrogen-bond acceptors (Lipinski definition) is 5. The van der Waals surface area contributed by atoms with Gasteiger partial charge < -0.3 is 9.52 Å². The number of aliphatic carboxylic acids is 1. The lowest BCUT2D eigenvalue weighted by molar-refractivity contribution is -0.133. The minimum atomic E-state index is -0.906. The van der Waals surface area contributed by atoms with Crippen LogP contribution in [0.2, 0.25) is 0 Å². The smallest absolute Gasteiger partial charge is 0.313 e. The Balaban J connectivity index is 1.81. The van der Waals surface area contributed by atoms with Crippen molar-refractivity contribution >= 4 is 17.7 Å². The van der Waals surface area contributed by atoms with Crippen molar-refractivity contribution in [3.63, 3.8) is 0 Å². The molecular weight excluding hydrogens is 314 g/mol. The second-order valence-corrected chi connectivity index (χ2v) is 6.05. The minimum absolute atomic E-state index is 0.0800. The van der Waals surface area contributed by atoms with Crippen molar-refractivity contribution in [1.82, 2.24) is 15.2 Å². The van der Waals surface area contributed by atoms with Crippen molar-refractivity contribution in [3.8, 4) is 22.9 Å². The molecule has 0 aliphatic rings. The molecule has 1 aromatic carbocycles. The Morgan fingerprint density at radius 2 is 2.00 bits per heavy atom. The van der Waals surface area contributed by atoms with Gasteiger partial charge in [-0.15, -0.1) is 5.10 Å². The lowest BCUT2D eigenvalue weighted by atomic mass is 10.1. The predicted molar refractivity (Wildman–Crippen MR) is 87.4 cm³/mol. The summed E-state index contributed by atoms with van der Waals surface area (Å²) in [6, 6.07) is 9.84. The molecule has 3 aromatic rings. The number of furan rings is 1. The Morgan fingerprint density at radius 3 is 2.74 bits per heavy atom. The number of benzene rings is 1. The van der Waals surface area contributed by atoms with Crippen molar-refractivity contribution in [1.29, 1.82) is 0 Å². The van der Waals surface area contributed by atoms with Crippen LogP contribution in [0.4, 0.5) is 0 Å². The summed E-state index contributed by atoms with van der Waals surface area (Å²) < 4.78 is 5.83. The van der Waals surface area contributed by atoms with E-state index in [2.05, 4.69) is 41.2 Å². The third kappa shape index (κ3) is 3.45. The summed E-state index contributed by atoms with van der Waals surface area (Å²) in [6.07, 6.45) is 0. The van der Waals surface area contributed by atoms with Crippen LogP contribution in [-0.4, -0.2) is 32.0 Å². The van der Waals surface area contributed by atoms with Gasteiger partial charge >= 0.3 is 5.97 Å². The van der Waals surface area contributed by atoms with Gasteiger partial charge in [0.15, 0.2) is 11.6 Å². The van der Waals surface area contributed by atoms with E-state index in [1.807, 2.05) is 18.2 Å². The first-order chi connectivity index (χ1) is 11.0. The van der Waals surface area contributed by atoms with Crippen molar-refractivity contribution in [2.75, 3.05) is 5.75 Å². The predicted octanol–water partition coefficient (Wildman–Crippen LogP) is 3.53. The van der Waals surface area contributed by atoms with E-state index < -0.39 is 5.97 Å². The van der Waals surface area contributed by atoms with Crippen LogP contribution < -0.4 is 0 Å². The van der Waals surface area contributed by atoms with E-state index in [9.17, 15) is 4.79 Å². The van der Waals surface area contributed by atoms with Gasteiger partial charge in [-0.2, -0.15) is 4.98 Å². The molecule has 0 unspecified atom stereocenters. The van der Waals surface area contributed by atoms with Gasteiger partial charge in [0.2, 0.25) is 5.16 Å². The van der Waals surface area contributed by atoms with Crippen LogP contribution in [0.5, 0.6) is 0 Å². The Bertz CT molecular complexity index is 854. The van der Waals surface area contributed by atoms with E-state index in [-0.39, 0.29) is 5.75 Å². The average molecular weight is 329 g/mol. The molecule has 0 saturated heterocycles. The Morgan fingerprint density at radius 1 is 1.22 bits per heavy atom. The Hall–Kier alpha value is -2.54. The molecule has 0 bridgehead atoms. The molecule has 2 N–H and O–H groups in total. The quantitative estimate of drug-likeness (QED) is 0.696. The van der Waals surface area contributed by atoms with E-state index in [4.69, 9.17) is 9.52 Å². The number of hydrogen-bond donors (Lipinski definition) is 2. The molecule has 3 rings (SSSR count). The minimum Gasteiger partial charge on any atom is -0.481 e. The molecule has 0 spiro atoms. The number of aromatic nitrogens is 3. The molecule has 7 heteroatoms. The van der Waals surface area contributed by atoms with Crippen LogP contribution in [-0.2, 0) is 4.79 Å². The van der Waals surface area contributed by atoms with Crippen molar-refractivity contribution < 1.29 is 14.3 Å². The highest BCUT2D eigenvalue weighted by Gasteiger charge is 2.12. The van der Waals surface area contributed by atoms with Gasteiger partial charge in [0.1, 0.15) is 5.76 Å². The number of aryl methyl sites for hydroxylation is 2. The maximum atomic E-state index is 10.6. The summed E-state index contributed by atoms with van der Waals surface area (Å²) in [5.41, 5.74) is 3.43. The van der Waals surface area contributed by atoms with Gasteiger partial charge in [-0.25, -0.2) is 0 Å². The zero-order chi connectivity index (χ0) is 16.4. The van der Waals surface area contributed by atoms with E-state index in [1.165, 1.54) is 11.1 Å². The van der Waals surface area contributed by atoms with Gasteiger partial charge in [0.25, 0.3) is 0 Å². The van der Waals surface area contributed by atoms with Gasteiger partial charge in [0, 0.05) is 5.56 Å². The summed E-state index contributed by atoms with van der Waals surface area (Å²) in [5, 5.41) is 15.8. The van der Waals surface area contributed by atoms with Crippen molar-refractivity contribution in [2.24, 2.45) is 0 Å². The maximum Gasteiger partial charge on any atom is 0.313 e. The lowest BCUT2D eigenvalue weighted by Gasteiger charge is -2.02. The number of carboxylic acid groups (broad SMARTS) is 1. The molecular formula is C16H15N3O3S. The summed E-state index contributed by atoms with van der Waals surface area (Å²) in [7, 11) is 0. The number of H-pyrrole nitrogens is 1. The summed E-state index contributed by atoms with van der Waals surface area (Å²) in [5.74, 6) is 0.806. The third-order valence-electron chi connectivity index (χ3n) is 3.42. The second-order valence-electron chi connectivity index (χ2n) is 5.11. The summed E-state index contributed by atoms with van der Waals surface area (Å²) in [6.45, 7) is 4.13. The third-order valence-corrected chi connectivity index (χ3v) is 4.25. The highest BCUT2D eigenvalue weighted by molar-refractivity contribution is 7.99. The van der Waals surface area contributed by atoms with E-state index >= 15 is 0 Å². The van der Waals surface area contributed by atoms with Crippen LogP contribution in [0, 0.1) is 13.8 Å². The van der Waals surface area contributed by atoms with Crippen LogP contribution in [0.15, 0.2) is 39.9 Å². The number of rotatable bonds is 5. The van der Waals surface area contributed by atoms with Crippen molar-refractivity contribution in [3.05, 3.63) is 41.5 Å². The molecule has 6 nitrogen and oxygen atoms in total. The lowest BCUT2D eigenvalue weighted by Crippen LogP contribution is -1.97. The van der Waals surface area contributed by atoms with Crippen molar-refractivity contribution in [2.45, 2.75) is 19.0 Å². The van der Waals surface area contributed by atoms with Gasteiger partial charge in [-0.3, -0.25) is 9.89 Å². The number of nitrogens with one attached hydrogen (secondary N) is 1. The van der Waals surface area contributed by atoms with Gasteiger partial charge in [-0.1, -0.05) is 23.9 Å². The van der Waals surface area contributed by atoms with E-state index in [1.54, 1.807) is 0 Å². The topological polar surface area (TPSA) is 92.0 Å². The van der Waals surface area contributed by atoms with Crippen LogP contribution in [0.1, 0.15) is 11.1 Å². The Kier molecular flexibility index (Phi) is 4.20. The molecule has 0 amide bonds. The first-order valence-electron chi connectivity index (χ1n) is 6.98. The van der Waals surface area contributed by atoms with Gasteiger partial charge in [-0.05, 0) is 43.2 Å². The number of carbonyl (C=O) groups is 1. The van der Waals surface area contributed by atoms with Crippen LogP contribution in [0.25, 0.3) is 22.9 Å². The first kappa shape index (κ1) is 15.4. The van der Waals surface area contributed by atoms with Crippen LogP contribution in [0.3, 0.4) is 0 Å². The molecule has 118 valence electrons. The fraction of sp³-hybridized carbons (Fsp3) is 0.188. The van der Waals surface area contributed by atoms with E-state index in [0.29, 0.717) is 16.7 Å². The second kappa shape index (κ2) is 6.29. The fourth-order valence-electron chi connectivity index (χ4n) is 2.06. The standard InChI is InChI=1S/C16H15N3O3S/c1-9-3-4-11(7-10(9)2)12-5-6-13(22-12)15-17-16(19-18-15)23-8-14(20)21/h3-7H,8H2,1-2H3,(H,20,21)(H,17,18,19). The SMILES string of the molecule is Cc1ccc(-c2ccc(-c3nc(SCC(=O)O)n[nH]3)o2)cc1C. The molecule has 23 heavy (non-hydrogen) atoms. The monoisotopic (exact) mass is 329 g/mol. The number of aromatic amines is 1. The molecule has 0 atom stereocenters. The molecule has 0 radical (unpaired) electrons. The molecule has 0 aliphatic carbocycles. The molecule has 0 aliphatic heterocycles. The maximum absolute atomic E-state index is 10.6. The number of carboxylic acids is 1. The first-order valence-corrected chi connectivity index (χ1v) is 7.96. The molecule has 0 fully saturated rings. The van der Waals surface area contributed by atoms with Gasteiger partial charge in [0.05, 0.1) is 5.75 Å². The number of thioether (sulfide) groups is 1. The largest absolute Gasteiger partial charge is 0.481 e. The summed E-state index contributed by atoms with van der Waals surface area (Å²) >= 11 is 1.06. The highest BCUT2D eigenvalue weighted by Crippen LogP contribution is 2.28. The number of nitrogens with zero attached hydrogens (tertiary/aromatic N) is 2. The normalized spacial score (nSPS) is 10.9. The van der Waals surface area contributed by atoms with Crippen LogP contribution >= 0.6 is 11.8 Å².